The SMILES string of the molecule is CC(NCc1nnc2n1CCCC2)c1cnn(C(C)C)c1. The van der Waals surface area contributed by atoms with E-state index in [2.05, 4.69) is 52.1 Å². The highest BCUT2D eigenvalue weighted by Crippen LogP contribution is 2.16. The maximum atomic E-state index is 4.40. The van der Waals surface area contributed by atoms with Gasteiger partial charge in [0.25, 0.3) is 0 Å². The Bertz CT molecular complexity index is 597. The molecule has 0 spiro atoms. The van der Waals surface area contributed by atoms with Crippen molar-refractivity contribution in [1.82, 2.24) is 29.9 Å². The summed E-state index contributed by atoms with van der Waals surface area (Å²) in [5.41, 5.74) is 1.21. The summed E-state index contributed by atoms with van der Waals surface area (Å²) in [7, 11) is 0. The lowest BCUT2D eigenvalue weighted by Gasteiger charge is -2.16. The summed E-state index contributed by atoms with van der Waals surface area (Å²) in [6.07, 6.45) is 7.58. The predicted octanol–water partition coefficient (Wildman–Crippen LogP) is 2.24. The Morgan fingerprint density at radius 2 is 2.10 bits per heavy atom. The van der Waals surface area contributed by atoms with Gasteiger partial charge < -0.3 is 9.88 Å². The van der Waals surface area contributed by atoms with Crippen molar-refractivity contribution in [2.45, 2.75) is 65.2 Å². The van der Waals surface area contributed by atoms with Gasteiger partial charge in [-0.25, -0.2) is 0 Å². The van der Waals surface area contributed by atoms with Crippen molar-refractivity contribution in [3.8, 4) is 0 Å². The molecular formula is C15H24N6. The topological polar surface area (TPSA) is 60.6 Å². The van der Waals surface area contributed by atoms with Gasteiger partial charge in [0.1, 0.15) is 11.6 Å². The van der Waals surface area contributed by atoms with Gasteiger partial charge in [0.2, 0.25) is 0 Å². The number of aryl methyl sites for hydroxylation is 1. The van der Waals surface area contributed by atoms with Gasteiger partial charge in [-0.15, -0.1) is 10.2 Å². The smallest absolute Gasteiger partial charge is 0.147 e. The summed E-state index contributed by atoms with van der Waals surface area (Å²) in [5.74, 6) is 2.19. The molecule has 0 fully saturated rings. The lowest BCUT2D eigenvalue weighted by atomic mass is 10.1. The third kappa shape index (κ3) is 3.00. The second kappa shape index (κ2) is 5.97. The van der Waals surface area contributed by atoms with Crippen LogP contribution >= 0.6 is 0 Å². The van der Waals surface area contributed by atoms with E-state index in [0.717, 1.165) is 31.2 Å². The van der Waals surface area contributed by atoms with E-state index in [1.807, 2.05) is 10.9 Å². The van der Waals surface area contributed by atoms with Crippen molar-refractivity contribution in [2.24, 2.45) is 0 Å². The van der Waals surface area contributed by atoms with Crippen molar-refractivity contribution >= 4 is 0 Å². The summed E-state index contributed by atoms with van der Waals surface area (Å²) in [6, 6.07) is 0.656. The molecule has 0 aliphatic carbocycles. The zero-order valence-corrected chi connectivity index (χ0v) is 13.1. The zero-order chi connectivity index (χ0) is 14.8. The summed E-state index contributed by atoms with van der Waals surface area (Å²) in [4.78, 5) is 0. The third-order valence-corrected chi connectivity index (χ3v) is 4.15. The number of hydrogen-bond acceptors (Lipinski definition) is 4. The standard InChI is InChI=1S/C15H24N6/c1-11(2)21-10-13(8-17-21)12(3)16-9-15-19-18-14-6-4-5-7-20(14)15/h8,10-12,16H,4-7,9H2,1-3H3. The van der Waals surface area contributed by atoms with Crippen LogP contribution in [0.5, 0.6) is 0 Å². The molecule has 0 aromatic carbocycles. The van der Waals surface area contributed by atoms with Crippen LogP contribution in [0.4, 0.5) is 0 Å². The molecule has 1 aliphatic rings. The van der Waals surface area contributed by atoms with Gasteiger partial charge in [-0.3, -0.25) is 4.68 Å². The van der Waals surface area contributed by atoms with E-state index in [1.165, 1.54) is 18.4 Å². The van der Waals surface area contributed by atoms with Crippen LogP contribution in [0.2, 0.25) is 0 Å². The van der Waals surface area contributed by atoms with E-state index in [-0.39, 0.29) is 6.04 Å². The van der Waals surface area contributed by atoms with Gasteiger partial charge in [0.05, 0.1) is 12.7 Å². The Hall–Kier alpha value is -1.69. The van der Waals surface area contributed by atoms with E-state index in [9.17, 15) is 0 Å². The van der Waals surface area contributed by atoms with Crippen LogP contribution < -0.4 is 5.32 Å². The Labute approximate surface area is 125 Å². The number of nitrogens with zero attached hydrogens (tertiary/aromatic N) is 5. The van der Waals surface area contributed by atoms with Crippen LogP contribution in [0, 0.1) is 0 Å². The molecule has 1 N–H and O–H groups in total. The number of rotatable bonds is 5. The minimum Gasteiger partial charge on any atom is -0.314 e. The highest BCUT2D eigenvalue weighted by Gasteiger charge is 2.16. The van der Waals surface area contributed by atoms with E-state index in [0.29, 0.717) is 6.04 Å². The molecule has 0 radical (unpaired) electrons. The van der Waals surface area contributed by atoms with Gasteiger partial charge >= 0.3 is 0 Å². The fourth-order valence-electron chi connectivity index (χ4n) is 2.72. The van der Waals surface area contributed by atoms with Gasteiger partial charge in [0, 0.05) is 36.8 Å². The highest BCUT2D eigenvalue weighted by molar-refractivity contribution is 5.10. The molecule has 3 heterocycles. The summed E-state index contributed by atoms with van der Waals surface area (Å²) in [6.45, 7) is 8.24. The summed E-state index contributed by atoms with van der Waals surface area (Å²) >= 11 is 0. The number of hydrogen-bond donors (Lipinski definition) is 1. The number of aromatic nitrogens is 5. The molecular weight excluding hydrogens is 264 g/mol. The molecule has 6 nitrogen and oxygen atoms in total. The fourth-order valence-corrected chi connectivity index (χ4v) is 2.72. The average Bonchev–Trinajstić information content (AvgIpc) is 3.12. The van der Waals surface area contributed by atoms with Gasteiger partial charge in [-0.05, 0) is 33.6 Å². The largest absolute Gasteiger partial charge is 0.314 e. The molecule has 0 saturated carbocycles. The molecule has 0 saturated heterocycles. The molecule has 114 valence electrons. The molecule has 0 amide bonds. The van der Waals surface area contributed by atoms with Crippen LogP contribution in [0.25, 0.3) is 0 Å². The van der Waals surface area contributed by atoms with Crippen molar-refractivity contribution in [2.75, 3.05) is 0 Å². The Kier molecular flexibility index (Phi) is 4.05. The second-order valence-corrected chi connectivity index (χ2v) is 6.09. The zero-order valence-electron chi connectivity index (χ0n) is 13.1. The normalized spacial score (nSPS) is 16.2. The first kappa shape index (κ1) is 14.3. The maximum absolute atomic E-state index is 4.40. The van der Waals surface area contributed by atoms with E-state index < -0.39 is 0 Å². The molecule has 6 heteroatoms. The van der Waals surface area contributed by atoms with Crippen molar-refractivity contribution in [1.29, 1.82) is 0 Å². The Morgan fingerprint density at radius 1 is 1.24 bits per heavy atom. The van der Waals surface area contributed by atoms with E-state index >= 15 is 0 Å². The van der Waals surface area contributed by atoms with E-state index in [4.69, 9.17) is 0 Å². The van der Waals surface area contributed by atoms with Crippen LogP contribution in [0.15, 0.2) is 12.4 Å². The summed E-state index contributed by atoms with van der Waals surface area (Å²) < 4.78 is 4.26. The first-order chi connectivity index (χ1) is 10.1. The quantitative estimate of drug-likeness (QED) is 0.916. The van der Waals surface area contributed by atoms with Crippen LogP contribution in [0.3, 0.4) is 0 Å². The molecule has 2 aromatic heterocycles. The first-order valence-electron chi connectivity index (χ1n) is 7.83. The molecule has 0 bridgehead atoms. The van der Waals surface area contributed by atoms with E-state index in [1.54, 1.807) is 0 Å². The average molecular weight is 288 g/mol. The molecule has 3 rings (SSSR count). The summed E-state index contributed by atoms with van der Waals surface area (Å²) in [5, 5.41) is 16.5. The van der Waals surface area contributed by atoms with Crippen LogP contribution in [0.1, 0.15) is 62.9 Å². The minimum absolute atomic E-state index is 0.258. The molecule has 2 aromatic rings. The van der Waals surface area contributed by atoms with Crippen molar-refractivity contribution < 1.29 is 0 Å². The van der Waals surface area contributed by atoms with Gasteiger partial charge in [-0.2, -0.15) is 5.10 Å². The lowest BCUT2D eigenvalue weighted by Crippen LogP contribution is -2.22. The molecule has 21 heavy (non-hydrogen) atoms. The van der Waals surface area contributed by atoms with Gasteiger partial charge in [-0.1, -0.05) is 0 Å². The van der Waals surface area contributed by atoms with Crippen LogP contribution in [-0.4, -0.2) is 24.5 Å². The molecule has 1 unspecified atom stereocenters. The Morgan fingerprint density at radius 3 is 2.86 bits per heavy atom. The molecule has 1 atom stereocenters. The van der Waals surface area contributed by atoms with Crippen LogP contribution in [-0.2, 0) is 19.5 Å². The molecule has 1 aliphatic heterocycles. The monoisotopic (exact) mass is 288 g/mol. The third-order valence-electron chi connectivity index (χ3n) is 4.15. The number of fused-ring (bicyclic) bond motifs is 1. The van der Waals surface area contributed by atoms with Crippen molar-refractivity contribution in [3.63, 3.8) is 0 Å². The highest BCUT2D eigenvalue weighted by atomic mass is 15.3. The first-order valence-corrected chi connectivity index (χ1v) is 7.83. The van der Waals surface area contributed by atoms with Gasteiger partial charge in [0.15, 0.2) is 0 Å². The Balaban J connectivity index is 1.62. The fraction of sp³-hybridized carbons (Fsp3) is 0.667. The number of nitrogens with one attached hydrogen (secondary N) is 1. The predicted molar refractivity (Wildman–Crippen MR) is 80.8 cm³/mol. The maximum Gasteiger partial charge on any atom is 0.147 e. The second-order valence-electron chi connectivity index (χ2n) is 6.09. The van der Waals surface area contributed by atoms with Crippen molar-refractivity contribution in [3.05, 3.63) is 29.6 Å². The lowest BCUT2D eigenvalue weighted by molar-refractivity contribution is 0.483. The minimum atomic E-state index is 0.258.